The van der Waals surface area contributed by atoms with Crippen molar-refractivity contribution in [2.45, 2.75) is 33.4 Å². The molecule has 0 spiro atoms. The van der Waals surface area contributed by atoms with Gasteiger partial charge in [-0.2, -0.15) is 0 Å². The van der Waals surface area contributed by atoms with E-state index in [4.69, 9.17) is 4.74 Å². The minimum Gasteiger partial charge on any atom is -0.479 e. The number of hydrogen-bond donors (Lipinski definition) is 2. The Bertz CT molecular complexity index is 848. The highest BCUT2D eigenvalue weighted by molar-refractivity contribution is 6.00. The number of carbonyl (C=O) groups is 2. The van der Waals surface area contributed by atoms with E-state index < -0.39 is 6.10 Å². The van der Waals surface area contributed by atoms with E-state index in [-0.39, 0.29) is 18.5 Å². The number of amides is 3. The normalized spacial score (nSPS) is 15.9. The number of anilines is 2. The standard InChI is InChI=1S/C18H21N5O3/c1-10-7-11(2)21-16(20-10)9-19-18(25)22-13-5-6-14-15(8-13)26-12(3)17(24)23(14)4/h5-8,12H,9H2,1-4H3,(H2,19,22,25)/t12-/m1/s1. The lowest BCUT2D eigenvalue weighted by molar-refractivity contribution is -0.125. The number of carbonyl (C=O) groups excluding carboxylic acids is 2. The zero-order valence-corrected chi connectivity index (χ0v) is 15.2. The number of nitrogens with zero attached hydrogens (tertiary/aromatic N) is 3. The van der Waals surface area contributed by atoms with Gasteiger partial charge in [-0.25, -0.2) is 14.8 Å². The SMILES string of the molecule is Cc1cc(C)nc(CNC(=O)Nc2ccc3c(c2)O[C@H](C)C(=O)N3C)n1. The summed E-state index contributed by atoms with van der Waals surface area (Å²) in [6, 6.07) is 6.65. The summed E-state index contributed by atoms with van der Waals surface area (Å²) in [5.41, 5.74) is 2.95. The van der Waals surface area contributed by atoms with Gasteiger partial charge >= 0.3 is 6.03 Å². The maximum Gasteiger partial charge on any atom is 0.319 e. The molecule has 0 saturated heterocycles. The molecule has 1 aromatic heterocycles. The Kier molecular flexibility index (Phi) is 4.75. The first-order valence-electron chi connectivity index (χ1n) is 8.28. The van der Waals surface area contributed by atoms with Gasteiger partial charge in [-0.3, -0.25) is 4.79 Å². The molecule has 0 aliphatic carbocycles. The van der Waals surface area contributed by atoms with Gasteiger partial charge in [0.1, 0.15) is 11.6 Å². The number of urea groups is 1. The fraction of sp³-hybridized carbons (Fsp3) is 0.333. The number of nitrogens with one attached hydrogen (secondary N) is 2. The van der Waals surface area contributed by atoms with E-state index in [2.05, 4.69) is 20.6 Å². The smallest absolute Gasteiger partial charge is 0.319 e. The molecule has 3 rings (SSSR count). The van der Waals surface area contributed by atoms with Crippen molar-refractivity contribution < 1.29 is 14.3 Å². The van der Waals surface area contributed by atoms with E-state index in [1.807, 2.05) is 19.9 Å². The molecule has 8 heteroatoms. The van der Waals surface area contributed by atoms with Crippen molar-refractivity contribution in [3.05, 3.63) is 41.5 Å². The van der Waals surface area contributed by atoms with Gasteiger partial charge in [0.25, 0.3) is 5.91 Å². The average molecular weight is 355 g/mol. The van der Waals surface area contributed by atoms with E-state index in [0.29, 0.717) is 22.9 Å². The van der Waals surface area contributed by atoms with Crippen LogP contribution in [0.3, 0.4) is 0 Å². The Labute approximate surface area is 151 Å². The molecule has 1 aliphatic rings. The Balaban J connectivity index is 1.65. The fourth-order valence-corrected chi connectivity index (χ4v) is 2.81. The number of aromatic nitrogens is 2. The molecule has 3 amide bonds. The second kappa shape index (κ2) is 6.99. The molecule has 1 aliphatic heterocycles. The monoisotopic (exact) mass is 355 g/mol. The van der Waals surface area contributed by atoms with Gasteiger partial charge in [0.05, 0.1) is 12.2 Å². The molecule has 0 unspecified atom stereocenters. The predicted molar refractivity (Wildman–Crippen MR) is 97.3 cm³/mol. The second-order valence-electron chi connectivity index (χ2n) is 6.21. The zero-order chi connectivity index (χ0) is 18.8. The van der Waals surface area contributed by atoms with Crippen molar-refractivity contribution in [3.8, 4) is 5.75 Å². The van der Waals surface area contributed by atoms with Crippen LogP contribution in [0, 0.1) is 13.8 Å². The maximum absolute atomic E-state index is 12.1. The summed E-state index contributed by atoms with van der Waals surface area (Å²) in [4.78, 5) is 34.2. The third kappa shape index (κ3) is 3.74. The predicted octanol–water partition coefficient (Wildman–Crippen LogP) is 2.16. The second-order valence-corrected chi connectivity index (χ2v) is 6.21. The van der Waals surface area contributed by atoms with Crippen LogP contribution in [0.1, 0.15) is 24.1 Å². The summed E-state index contributed by atoms with van der Waals surface area (Å²) in [7, 11) is 1.70. The van der Waals surface area contributed by atoms with Gasteiger partial charge in [0.2, 0.25) is 0 Å². The third-order valence-corrected chi connectivity index (χ3v) is 4.00. The van der Waals surface area contributed by atoms with E-state index in [1.54, 1.807) is 37.1 Å². The topological polar surface area (TPSA) is 96.4 Å². The van der Waals surface area contributed by atoms with Crippen molar-refractivity contribution in [2.24, 2.45) is 0 Å². The van der Waals surface area contributed by atoms with Crippen molar-refractivity contribution in [1.82, 2.24) is 15.3 Å². The summed E-state index contributed by atoms with van der Waals surface area (Å²) in [6.07, 6.45) is -0.557. The van der Waals surface area contributed by atoms with Gasteiger partial charge in [-0.05, 0) is 39.0 Å². The van der Waals surface area contributed by atoms with E-state index in [9.17, 15) is 9.59 Å². The lowest BCUT2D eigenvalue weighted by atomic mass is 10.2. The summed E-state index contributed by atoms with van der Waals surface area (Å²) in [5, 5.41) is 5.47. The highest BCUT2D eigenvalue weighted by Gasteiger charge is 2.28. The molecule has 2 heterocycles. The molecule has 2 aromatic rings. The number of likely N-dealkylation sites (N-methyl/N-ethyl adjacent to an activating group) is 1. The fourth-order valence-electron chi connectivity index (χ4n) is 2.81. The molecule has 0 saturated carbocycles. The molecule has 1 aromatic carbocycles. The Morgan fingerprint density at radius 1 is 1.23 bits per heavy atom. The first-order chi connectivity index (χ1) is 12.3. The summed E-state index contributed by atoms with van der Waals surface area (Å²) >= 11 is 0. The van der Waals surface area contributed by atoms with Crippen LogP contribution in [-0.4, -0.2) is 35.1 Å². The number of rotatable bonds is 3. The lowest BCUT2D eigenvalue weighted by Gasteiger charge is -2.30. The average Bonchev–Trinajstić information content (AvgIpc) is 2.57. The Hall–Kier alpha value is -3.16. The van der Waals surface area contributed by atoms with Crippen molar-refractivity contribution in [2.75, 3.05) is 17.3 Å². The number of aryl methyl sites for hydroxylation is 2. The van der Waals surface area contributed by atoms with Crippen molar-refractivity contribution in [3.63, 3.8) is 0 Å². The molecule has 0 radical (unpaired) electrons. The van der Waals surface area contributed by atoms with Gasteiger partial charge in [-0.15, -0.1) is 0 Å². The van der Waals surface area contributed by atoms with Crippen LogP contribution in [-0.2, 0) is 11.3 Å². The minimum atomic E-state index is -0.557. The Morgan fingerprint density at radius 3 is 2.62 bits per heavy atom. The third-order valence-electron chi connectivity index (χ3n) is 4.00. The van der Waals surface area contributed by atoms with Crippen molar-refractivity contribution >= 4 is 23.3 Å². The quantitative estimate of drug-likeness (QED) is 0.879. The maximum atomic E-state index is 12.1. The van der Waals surface area contributed by atoms with Gasteiger partial charge < -0.3 is 20.3 Å². The summed E-state index contributed by atoms with van der Waals surface area (Å²) < 4.78 is 5.61. The Morgan fingerprint density at radius 2 is 1.92 bits per heavy atom. The highest BCUT2D eigenvalue weighted by atomic mass is 16.5. The first-order valence-corrected chi connectivity index (χ1v) is 8.28. The van der Waals surface area contributed by atoms with E-state index in [1.165, 1.54) is 0 Å². The molecule has 136 valence electrons. The van der Waals surface area contributed by atoms with Crippen LogP contribution in [0.15, 0.2) is 24.3 Å². The summed E-state index contributed by atoms with van der Waals surface area (Å²) in [6.45, 7) is 5.69. The summed E-state index contributed by atoms with van der Waals surface area (Å²) in [5.74, 6) is 1.000. The number of fused-ring (bicyclic) bond motifs is 1. The van der Waals surface area contributed by atoms with Crippen LogP contribution in [0.2, 0.25) is 0 Å². The minimum absolute atomic E-state index is 0.107. The molecule has 0 fully saturated rings. The molecule has 26 heavy (non-hydrogen) atoms. The molecule has 0 bridgehead atoms. The molecule has 2 N–H and O–H groups in total. The van der Waals surface area contributed by atoms with Crippen LogP contribution in [0.25, 0.3) is 0 Å². The largest absolute Gasteiger partial charge is 0.479 e. The molecular weight excluding hydrogens is 334 g/mol. The van der Waals surface area contributed by atoms with E-state index in [0.717, 1.165) is 11.4 Å². The molecule has 8 nitrogen and oxygen atoms in total. The van der Waals surface area contributed by atoms with Gasteiger partial charge in [0.15, 0.2) is 6.10 Å². The van der Waals surface area contributed by atoms with Crippen LogP contribution in [0.5, 0.6) is 5.75 Å². The molecular formula is C18H21N5O3. The van der Waals surface area contributed by atoms with Gasteiger partial charge in [0, 0.05) is 30.2 Å². The molecule has 1 atom stereocenters. The first kappa shape index (κ1) is 17.7. The zero-order valence-electron chi connectivity index (χ0n) is 15.2. The van der Waals surface area contributed by atoms with Crippen molar-refractivity contribution in [1.29, 1.82) is 0 Å². The lowest BCUT2D eigenvalue weighted by Crippen LogP contribution is -2.42. The number of ether oxygens (including phenoxy) is 1. The van der Waals surface area contributed by atoms with E-state index >= 15 is 0 Å². The van der Waals surface area contributed by atoms with Gasteiger partial charge in [-0.1, -0.05) is 0 Å². The van der Waals surface area contributed by atoms with Crippen LogP contribution < -0.4 is 20.3 Å². The highest BCUT2D eigenvalue weighted by Crippen LogP contribution is 2.35. The van der Waals surface area contributed by atoms with Crippen LogP contribution >= 0.6 is 0 Å². The number of hydrogen-bond acceptors (Lipinski definition) is 5. The number of benzene rings is 1. The van der Waals surface area contributed by atoms with Crippen LogP contribution in [0.4, 0.5) is 16.2 Å².